The van der Waals surface area contributed by atoms with Crippen LogP contribution in [0.4, 0.5) is 4.53 Å². The summed E-state index contributed by atoms with van der Waals surface area (Å²) in [5.74, 6) is -0.929. The first-order valence-corrected chi connectivity index (χ1v) is 4.05. The normalized spacial score (nSPS) is 12.6. The third kappa shape index (κ3) is 2.26. The predicted molar refractivity (Wildman–Crippen MR) is 47.9 cm³/mol. The SMILES string of the molecule is CN(C)C(C(=O)OF)c1ccncc1. The second-order valence-electron chi connectivity index (χ2n) is 3.04. The monoisotopic (exact) mass is 198 g/mol. The fourth-order valence-corrected chi connectivity index (χ4v) is 1.23. The quantitative estimate of drug-likeness (QED) is 0.729. The van der Waals surface area contributed by atoms with Gasteiger partial charge in [0.2, 0.25) is 0 Å². The number of carbonyl (C=O) groups excluding carboxylic acids is 1. The van der Waals surface area contributed by atoms with Crippen molar-refractivity contribution in [1.29, 1.82) is 0 Å². The Hall–Kier alpha value is -1.49. The minimum Gasteiger partial charge on any atom is -0.293 e. The molecule has 1 aromatic rings. The molecule has 0 fully saturated rings. The number of hydrogen-bond donors (Lipinski definition) is 0. The molecule has 1 heterocycles. The highest BCUT2D eigenvalue weighted by Crippen LogP contribution is 2.18. The van der Waals surface area contributed by atoms with Crippen molar-refractivity contribution in [3.8, 4) is 0 Å². The molecule has 76 valence electrons. The molecule has 0 aromatic carbocycles. The van der Waals surface area contributed by atoms with Crippen molar-refractivity contribution in [3.05, 3.63) is 30.1 Å². The largest absolute Gasteiger partial charge is 0.370 e. The predicted octanol–water partition coefficient (Wildman–Crippen LogP) is 1.11. The Balaban J connectivity index is 2.95. The van der Waals surface area contributed by atoms with Gasteiger partial charge in [0.1, 0.15) is 6.04 Å². The summed E-state index contributed by atoms with van der Waals surface area (Å²) >= 11 is 0. The molecule has 0 saturated carbocycles. The van der Waals surface area contributed by atoms with Crippen LogP contribution in [-0.2, 0) is 9.74 Å². The fourth-order valence-electron chi connectivity index (χ4n) is 1.23. The van der Waals surface area contributed by atoms with Crippen molar-refractivity contribution in [3.63, 3.8) is 0 Å². The van der Waals surface area contributed by atoms with Crippen LogP contribution in [0.1, 0.15) is 11.6 Å². The molecule has 0 aliphatic heterocycles. The number of likely N-dealkylation sites (N-methyl/N-ethyl adjacent to an activating group) is 1. The van der Waals surface area contributed by atoms with Gasteiger partial charge >= 0.3 is 5.97 Å². The Morgan fingerprint density at radius 3 is 2.50 bits per heavy atom. The standard InChI is InChI=1S/C9H11FN2O2/c1-12(2)8(9(13)14-10)7-3-5-11-6-4-7/h3-6,8H,1-2H3. The topological polar surface area (TPSA) is 42.4 Å². The lowest BCUT2D eigenvalue weighted by atomic mass is 10.1. The minimum atomic E-state index is -0.929. The van der Waals surface area contributed by atoms with Crippen LogP contribution in [0.2, 0.25) is 0 Å². The van der Waals surface area contributed by atoms with Gasteiger partial charge in [-0.1, -0.05) is 0 Å². The Kier molecular flexibility index (Phi) is 3.53. The lowest BCUT2D eigenvalue weighted by Gasteiger charge is -2.20. The van der Waals surface area contributed by atoms with E-state index in [4.69, 9.17) is 0 Å². The Morgan fingerprint density at radius 2 is 2.07 bits per heavy atom. The third-order valence-corrected chi connectivity index (χ3v) is 1.84. The highest BCUT2D eigenvalue weighted by atomic mass is 19.3. The average molecular weight is 198 g/mol. The lowest BCUT2D eigenvalue weighted by Crippen LogP contribution is -2.27. The van der Waals surface area contributed by atoms with E-state index in [0.717, 1.165) is 0 Å². The molecule has 0 radical (unpaired) electrons. The van der Waals surface area contributed by atoms with Gasteiger partial charge in [-0.25, -0.2) is 4.79 Å². The zero-order valence-electron chi connectivity index (χ0n) is 7.98. The maximum Gasteiger partial charge on any atom is 0.370 e. The zero-order chi connectivity index (χ0) is 10.6. The molecule has 1 atom stereocenters. The molecule has 0 aliphatic rings. The maximum atomic E-state index is 11.8. The molecule has 0 saturated heterocycles. The van der Waals surface area contributed by atoms with Crippen molar-refractivity contribution in [2.75, 3.05) is 14.1 Å². The number of halogens is 1. The van der Waals surface area contributed by atoms with Gasteiger partial charge < -0.3 is 0 Å². The van der Waals surface area contributed by atoms with Crippen molar-refractivity contribution in [2.45, 2.75) is 6.04 Å². The first-order chi connectivity index (χ1) is 6.66. The number of nitrogens with zero attached hydrogens (tertiary/aromatic N) is 2. The molecular weight excluding hydrogens is 187 g/mol. The van der Waals surface area contributed by atoms with Crippen molar-refractivity contribution >= 4 is 5.97 Å². The summed E-state index contributed by atoms with van der Waals surface area (Å²) in [6.07, 6.45) is 3.08. The molecule has 0 amide bonds. The molecule has 1 rings (SSSR count). The van der Waals surface area contributed by atoms with Crippen LogP contribution in [0.25, 0.3) is 0 Å². The smallest absolute Gasteiger partial charge is 0.293 e. The highest BCUT2D eigenvalue weighted by molar-refractivity contribution is 5.76. The van der Waals surface area contributed by atoms with Crippen LogP contribution in [0, 0.1) is 0 Å². The number of aromatic nitrogens is 1. The van der Waals surface area contributed by atoms with Crippen LogP contribution >= 0.6 is 0 Å². The summed E-state index contributed by atoms with van der Waals surface area (Å²) in [6, 6.07) is 2.55. The zero-order valence-corrected chi connectivity index (χ0v) is 7.98. The first kappa shape index (κ1) is 10.6. The van der Waals surface area contributed by atoms with Crippen LogP contribution in [-0.4, -0.2) is 29.9 Å². The lowest BCUT2D eigenvalue weighted by molar-refractivity contribution is -0.189. The van der Waals surface area contributed by atoms with Crippen molar-refractivity contribution in [2.24, 2.45) is 0 Å². The highest BCUT2D eigenvalue weighted by Gasteiger charge is 2.25. The summed E-state index contributed by atoms with van der Waals surface area (Å²) in [5, 5.41) is 0. The molecule has 1 aromatic heterocycles. The molecule has 4 nitrogen and oxygen atoms in total. The molecule has 0 bridgehead atoms. The van der Waals surface area contributed by atoms with E-state index in [1.807, 2.05) is 0 Å². The number of hydrogen-bond acceptors (Lipinski definition) is 4. The summed E-state index contributed by atoms with van der Waals surface area (Å²) in [4.78, 5) is 19.7. The molecule has 1 unspecified atom stereocenters. The Labute approximate surface area is 81.2 Å². The number of rotatable bonds is 3. The van der Waals surface area contributed by atoms with E-state index < -0.39 is 12.0 Å². The fraction of sp³-hybridized carbons (Fsp3) is 0.333. The van der Waals surface area contributed by atoms with Crippen LogP contribution < -0.4 is 0 Å². The summed E-state index contributed by atoms with van der Waals surface area (Å²) < 4.78 is 11.8. The van der Waals surface area contributed by atoms with Crippen LogP contribution in [0.3, 0.4) is 0 Å². The van der Waals surface area contributed by atoms with Gasteiger partial charge in [0, 0.05) is 16.9 Å². The second kappa shape index (κ2) is 4.66. The van der Waals surface area contributed by atoms with E-state index in [1.54, 1.807) is 31.1 Å². The molecular formula is C9H11FN2O2. The molecule has 0 spiro atoms. The van der Waals surface area contributed by atoms with Gasteiger partial charge in [0.05, 0.1) is 0 Å². The Bertz CT molecular complexity index is 303. The van der Waals surface area contributed by atoms with E-state index in [2.05, 4.69) is 9.93 Å². The molecule has 14 heavy (non-hydrogen) atoms. The maximum absolute atomic E-state index is 11.8. The van der Waals surface area contributed by atoms with Gasteiger partial charge in [-0.15, -0.1) is 0 Å². The van der Waals surface area contributed by atoms with Gasteiger partial charge in [0.25, 0.3) is 0 Å². The first-order valence-electron chi connectivity index (χ1n) is 4.05. The van der Waals surface area contributed by atoms with Gasteiger partial charge in [-0.2, -0.15) is 0 Å². The summed E-state index contributed by atoms with van der Waals surface area (Å²) in [7, 11) is 3.34. The van der Waals surface area contributed by atoms with E-state index >= 15 is 0 Å². The van der Waals surface area contributed by atoms with Crippen LogP contribution in [0.5, 0.6) is 0 Å². The third-order valence-electron chi connectivity index (χ3n) is 1.84. The summed E-state index contributed by atoms with van der Waals surface area (Å²) in [5.41, 5.74) is 0.646. The number of carbonyl (C=O) groups is 1. The average Bonchev–Trinajstić information content (AvgIpc) is 2.19. The second-order valence-corrected chi connectivity index (χ2v) is 3.04. The molecule has 5 heteroatoms. The van der Waals surface area contributed by atoms with E-state index in [-0.39, 0.29) is 0 Å². The van der Waals surface area contributed by atoms with E-state index in [0.29, 0.717) is 5.56 Å². The van der Waals surface area contributed by atoms with Gasteiger partial charge in [-0.3, -0.25) is 14.8 Å². The van der Waals surface area contributed by atoms with Gasteiger partial charge in [0.15, 0.2) is 0 Å². The van der Waals surface area contributed by atoms with Crippen molar-refractivity contribution < 1.29 is 14.3 Å². The van der Waals surface area contributed by atoms with Crippen LogP contribution in [0.15, 0.2) is 24.5 Å². The van der Waals surface area contributed by atoms with E-state index in [9.17, 15) is 9.32 Å². The molecule has 0 aliphatic carbocycles. The van der Waals surface area contributed by atoms with Crippen molar-refractivity contribution in [1.82, 2.24) is 9.88 Å². The minimum absolute atomic E-state index is 0.646. The Morgan fingerprint density at radius 1 is 1.50 bits per heavy atom. The summed E-state index contributed by atoms with van der Waals surface area (Å²) in [6.45, 7) is 0. The van der Waals surface area contributed by atoms with Gasteiger partial charge in [-0.05, 0) is 31.8 Å². The van der Waals surface area contributed by atoms with E-state index in [1.165, 1.54) is 12.4 Å². The molecule has 0 N–H and O–H groups in total. The number of pyridine rings is 1.